The van der Waals surface area contributed by atoms with Crippen LogP contribution in [0.2, 0.25) is 0 Å². The summed E-state index contributed by atoms with van der Waals surface area (Å²) in [6.45, 7) is 5.87. The van der Waals surface area contributed by atoms with E-state index in [2.05, 4.69) is 24.6 Å². The number of hydrogen-bond donors (Lipinski definition) is 0. The van der Waals surface area contributed by atoms with Gasteiger partial charge in [0.25, 0.3) is 0 Å². The Labute approximate surface area is 142 Å². The van der Waals surface area contributed by atoms with E-state index in [9.17, 15) is 4.39 Å². The molecule has 1 saturated heterocycles. The number of rotatable bonds is 3. The van der Waals surface area contributed by atoms with Gasteiger partial charge in [-0.2, -0.15) is 0 Å². The van der Waals surface area contributed by atoms with Crippen molar-refractivity contribution >= 4 is 5.69 Å². The zero-order valence-electron chi connectivity index (χ0n) is 14.0. The van der Waals surface area contributed by atoms with E-state index in [1.165, 1.54) is 31.4 Å². The first-order valence-corrected chi connectivity index (χ1v) is 8.93. The molecule has 24 heavy (non-hydrogen) atoms. The van der Waals surface area contributed by atoms with Crippen LogP contribution in [0, 0.1) is 5.82 Å². The summed E-state index contributed by atoms with van der Waals surface area (Å²) in [4.78, 5) is 4.77. The third kappa shape index (κ3) is 3.29. The maximum absolute atomic E-state index is 13.1. The van der Waals surface area contributed by atoms with Crippen LogP contribution < -0.4 is 4.90 Å². The van der Waals surface area contributed by atoms with E-state index in [0.717, 1.165) is 63.0 Å². The molecule has 0 saturated carbocycles. The molecule has 5 nitrogen and oxygen atoms in total. The van der Waals surface area contributed by atoms with E-state index in [4.69, 9.17) is 0 Å². The molecule has 2 aliphatic rings. The molecule has 0 atom stereocenters. The number of aromatic nitrogens is 3. The summed E-state index contributed by atoms with van der Waals surface area (Å²) in [6.07, 6.45) is 4.81. The predicted molar refractivity (Wildman–Crippen MR) is 91.5 cm³/mol. The third-order valence-corrected chi connectivity index (χ3v) is 5.12. The number of nitrogens with zero attached hydrogens (tertiary/aromatic N) is 5. The predicted octanol–water partition coefficient (Wildman–Crippen LogP) is 2.47. The highest BCUT2D eigenvalue weighted by Gasteiger charge is 2.21. The molecule has 2 aromatic rings. The highest BCUT2D eigenvalue weighted by Crippen LogP contribution is 2.19. The molecule has 128 valence electrons. The van der Waals surface area contributed by atoms with Gasteiger partial charge in [-0.25, -0.2) is 4.39 Å². The SMILES string of the molecule is Fc1ccc(N2CCN(Cc3nnc4n3CCCCC4)CC2)cc1. The van der Waals surface area contributed by atoms with E-state index in [0.29, 0.717) is 0 Å². The van der Waals surface area contributed by atoms with Crippen molar-refractivity contribution in [3.8, 4) is 0 Å². The molecule has 0 amide bonds. The minimum Gasteiger partial charge on any atom is -0.369 e. The van der Waals surface area contributed by atoms with E-state index < -0.39 is 0 Å². The van der Waals surface area contributed by atoms with E-state index >= 15 is 0 Å². The molecule has 0 spiro atoms. The van der Waals surface area contributed by atoms with Crippen molar-refractivity contribution in [1.82, 2.24) is 19.7 Å². The Morgan fingerprint density at radius 2 is 1.67 bits per heavy atom. The van der Waals surface area contributed by atoms with Gasteiger partial charge in [-0.15, -0.1) is 10.2 Å². The lowest BCUT2D eigenvalue weighted by Crippen LogP contribution is -2.46. The molecule has 2 aliphatic heterocycles. The van der Waals surface area contributed by atoms with Gasteiger partial charge in [-0.3, -0.25) is 4.90 Å². The van der Waals surface area contributed by atoms with Crippen LogP contribution in [-0.2, 0) is 19.5 Å². The largest absolute Gasteiger partial charge is 0.369 e. The van der Waals surface area contributed by atoms with Crippen LogP contribution in [-0.4, -0.2) is 45.8 Å². The summed E-state index contributed by atoms with van der Waals surface area (Å²) in [7, 11) is 0. The summed E-state index contributed by atoms with van der Waals surface area (Å²) < 4.78 is 15.4. The molecule has 0 aliphatic carbocycles. The van der Waals surface area contributed by atoms with Crippen molar-refractivity contribution in [2.24, 2.45) is 0 Å². The molecule has 1 aromatic carbocycles. The summed E-state index contributed by atoms with van der Waals surface area (Å²) >= 11 is 0. The van der Waals surface area contributed by atoms with Gasteiger partial charge < -0.3 is 9.47 Å². The van der Waals surface area contributed by atoms with Gasteiger partial charge in [0.1, 0.15) is 17.5 Å². The third-order valence-electron chi connectivity index (χ3n) is 5.12. The smallest absolute Gasteiger partial charge is 0.147 e. The highest BCUT2D eigenvalue weighted by molar-refractivity contribution is 5.46. The first-order chi connectivity index (χ1) is 11.8. The second-order valence-electron chi connectivity index (χ2n) is 6.73. The van der Waals surface area contributed by atoms with E-state index in [-0.39, 0.29) is 5.82 Å². The fourth-order valence-electron chi connectivity index (χ4n) is 3.68. The van der Waals surface area contributed by atoms with Gasteiger partial charge in [0, 0.05) is 44.8 Å². The minimum absolute atomic E-state index is 0.176. The first kappa shape index (κ1) is 15.6. The van der Waals surface area contributed by atoms with Crippen molar-refractivity contribution in [3.05, 3.63) is 41.7 Å². The molecule has 0 bridgehead atoms. The fraction of sp³-hybridized carbons (Fsp3) is 0.556. The second-order valence-corrected chi connectivity index (χ2v) is 6.73. The summed E-state index contributed by atoms with van der Waals surface area (Å²) in [5, 5.41) is 8.83. The zero-order valence-corrected chi connectivity index (χ0v) is 14.0. The monoisotopic (exact) mass is 329 g/mol. The molecule has 3 heterocycles. The van der Waals surface area contributed by atoms with Gasteiger partial charge in [-0.1, -0.05) is 6.42 Å². The van der Waals surface area contributed by atoms with Crippen molar-refractivity contribution in [2.75, 3.05) is 31.1 Å². The molecular weight excluding hydrogens is 305 g/mol. The van der Waals surface area contributed by atoms with Crippen molar-refractivity contribution in [2.45, 2.75) is 38.8 Å². The number of halogens is 1. The molecule has 4 rings (SSSR count). The number of anilines is 1. The second kappa shape index (κ2) is 6.89. The minimum atomic E-state index is -0.176. The van der Waals surface area contributed by atoms with Gasteiger partial charge in [-0.05, 0) is 37.1 Å². The van der Waals surface area contributed by atoms with Crippen LogP contribution in [0.4, 0.5) is 10.1 Å². The molecule has 1 aromatic heterocycles. The Morgan fingerprint density at radius 3 is 2.46 bits per heavy atom. The van der Waals surface area contributed by atoms with E-state index in [1.54, 1.807) is 0 Å². The normalized spacial score (nSPS) is 19.1. The van der Waals surface area contributed by atoms with Crippen LogP contribution in [0.3, 0.4) is 0 Å². The Balaban J connectivity index is 1.37. The molecule has 0 N–H and O–H groups in total. The average molecular weight is 329 g/mol. The van der Waals surface area contributed by atoms with Crippen LogP contribution in [0.15, 0.2) is 24.3 Å². The Kier molecular flexibility index (Phi) is 4.47. The fourth-order valence-corrected chi connectivity index (χ4v) is 3.68. The van der Waals surface area contributed by atoms with Crippen LogP contribution in [0.5, 0.6) is 0 Å². The molecule has 6 heteroatoms. The quantitative estimate of drug-likeness (QED) is 0.867. The molecule has 0 radical (unpaired) electrons. The maximum Gasteiger partial charge on any atom is 0.147 e. The van der Waals surface area contributed by atoms with Gasteiger partial charge in [0.05, 0.1) is 6.54 Å². The molecular formula is C18H24FN5. The molecule has 1 fully saturated rings. The van der Waals surface area contributed by atoms with E-state index in [1.807, 2.05) is 12.1 Å². The van der Waals surface area contributed by atoms with Crippen LogP contribution in [0.25, 0.3) is 0 Å². The van der Waals surface area contributed by atoms with Crippen molar-refractivity contribution < 1.29 is 4.39 Å². The van der Waals surface area contributed by atoms with Gasteiger partial charge in [0.2, 0.25) is 0 Å². The van der Waals surface area contributed by atoms with Crippen LogP contribution >= 0.6 is 0 Å². The standard InChI is InChI=1S/C18H24FN5/c19-15-5-7-16(8-6-15)23-12-10-22(11-13-23)14-18-21-20-17-4-2-1-3-9-24(17)18/h5-8H,1-4,9-14H2. The number of fused-ring (bicyclic) bond motifs is 1. The lowest BCUT2D eigenvalue weighted by Gasteiger charge is -2.35. The number of aryl methyl sites for hydroxylation is 1. The number of hydrogen-bond acceptors (Lipinski definition) is 4. The lowest BCUT2D eigenvalue weighted by molar-refractivity contribution is 0.240. The Morgan fingerprint density at radius 1 is 0.875 bits per heavy atom. The van der Waals surface area contributed by atoms with Crippen molar-refractivity contribution in [1.29, 1.82) is 0 Å². The number of piperazine rings is 1. The average Bonchev–Trinajstić information content (AvgIpc) is 2.83. The van der Waals surface area contributed by atoms with Gasteiger partial charge in [0.15, 0.2) is 0 Å². The maximum atomic E-state index is 13.1. The van der Waals surface area contributed by atoms with Gasteiger partial charge >= 0.3 is 0 Å². The topological polar surface area (TPSA) is 37.2 Å². The first-order valence-electron chi connectivity index (χ1n) is 8.93. The molecule has 0 unspecified atom stereocenters. The van der Waals surface area contributed by atoms with Crippen molar-refractivity contribution in [3.63, 3.8) is 0 Å². The summed E-state index contributed by atoms with van der Waals surface area (Å²) in [5.41, 5.74) is 1.10. The number of benzene rings is 1. The lowest BCUT2D eigenvalue weighted by atomic mass is 10.2. The summed E-state index contributed by atoms with van der Waals surface area (Å²) in [6, 6.07) is 6.80. The summed E-state index contributed by atoms with van der Waals surface area (Å²) in [5.74, 6) is 2.10. The zero-order chi connectivity index (χ0) is 16.4. The van der Waals surface area contributed by atoms with Crippen LogP contribution in [0.1, 0.15) is 30.9 Å². The Hall–Kier alpha value is -1.95. The highest BCUT2D eigenvalue weighted by atomic mass is 19.1. The Bertz CT molecular complexity index is 673.